The second kappa shape index (κ2) is 7.20. The van der Waals surface area contributed by atoms with Crippen molar-refractivity contribution in [2.45, 2.75) is 13.1 Å². The number of carbonyl (C=O) groups is 2. The van der Waals surface area contributed by atoms with Gasteiger partial charge in [-0.25, -0.2) is 0 Å². The minimum atomic E-state index is -4.57. The summed E-state index contributed by atoms with van der Waals surface area (Å²) in [6.07, 6.45) is 1.25. The fraction of sp³-hybridized carbons (Fsp3) is 0.188. The van der Waals surface area contributed by atoms with Crippen LogP contribution in [0.3, 0.4) is 0 Å². The number of anilines is 2. The number of hydrogen-bond acceptors (Lipinski definition) is 3. The van der Waals surface area contributed by atoms with E-state index in [4.69, 9.17) is 0 Å². The summed E-state index contributed by atoms with van der Waals surface area (Å²) in [5.41, 5.74) is -0.355. The Kier molecular flexibility index (Phi) is 5.26. The molecule has 9 heteroatoms. The van der Waals surface area contributed by atoms with Crippen molar-refractivity contribution in [3.63, 3.8) is 0 Å². The molecular weight excluding hydrogens is 337 g/mol. The van der Waals surface area contributed by atoms with Crippen molar-refractivity contribution < 1.29 is 22.8 Å². The van der Waals surface area contributed by atoms with Crippen molar-refractivity contribution in [2.24, 2.45) is 7.05 Å². The number of hydrogen-bond donors (Lipinski definition) is 2. The third-order valence-electron chi connectivity index (χ3n) is 3.07. The van der Waals surface area contributed by atoms with Gasteiger partial charge in [-0.3, -0.25) is 14.3 Å². The summed E-state index contributed by atoms with van der Waals surface area (Å²) in [4.78, 5) is 23.1. The van der Waals surface area contributed by atoms with Crippen LogP contribution in [0.2, 0.25) is 0 Å². The maximum atomic E-state index is 12.8. The summed E-state index contributed by atoms with van der Waals surface area (Å²) in [6, 6.07) is 2.68. The molecule has 0 aliphatic carbocycles. The molecule has 0 unspecified atom stereocenters. The van der Waals surface area contributed by atoms with Gasteiger partial charge in [0.2, 0.25) is 11.8 Å². The van der Waals surface area contributed by atoms with Gasteiger partial charge in [-0.2, -0.15) is 18.3 Å². The maximum Gasteiger partial charge on any atom is 0.416 e. The standard InChI is InChI=1S/C16H15F3N4O2/c1-10(24)21-13-5-4-12(16(17,18)19)7-14(13)22-15(25)6-3-11-8-20-23(2)9-11/h3-9H,1-2H3,(H,21,24)(H,22,25)/b6-3+. The molecule has 2 N–H and O–H groups in total. The van der Waals surface area contributed by atoms with Crippen molar-refractivity contribution in [1.29, 1.82) is 0 Å². The third-order valence-corrected chi connectivity index (χ3v) is 3.07. The van der Waals surface area contributed by atoms with E-state index in [-0.39, 0.29) is 11.4 Å². The zero-order valence-electron chi connectivity index (χ0n) is 13.4. The zero-order chi connectivity index (χ0) is 18.6. The quantitative estimate of drug-likeness (QED) is 0.831. The highest BCUT2D eigenvalue weighted by molar-refractivity contribution is 6.05. The van der Waals surface area contributed by atoms with Crippen LogP contribution in [0, 0.1) is 0 Å². The van der Waals surface area contributed by atoms with Crippen LogP contribution in [-0.2, 0) is 22.8 Å². The van der Waals surface area contributed by atoms with Gasteiger partial charge in [0.25, 0.3) is 0 Å². The van der Waals surface area contributed by atoms with Gasteiger partial charge in [-0.15, -0.1) is 0 Å². The molecule has 6 nitrogen and oxygen atoms in total. The molecule has 0 saturated carbocycles. The molecule has 2 aromatic rings. The summed E-state index contributed by atoms with van der Waals surface area (Å²) >= 11 is 0. The average molecular weight is 352 g/mol. The van der Waals surface area contributed by atoms with E-state index in [0.29, 0.717) is 5.56 Å². The van der Waals surface area contributed by atoms with E-state index in [2.05, 4.69) is 15.7 Å². The minimum absolute atomic E-state index is 0.0728. The van der Waals surface area contributed by atoms with Crippen LogP contribution in [0.15, 0.2) is 36.7 Å². The van der Waals surface area contributed by atoms with Gasteiger partial charge in [0, 0.05) is 31.8 Å². The number of halogens is 3. The molecule has 1 heterocycles. The Morgan fingerprint density at radius 2 is 1.92 bits per heavy atom. The third kappa shape index (κ3) is 5.20. The highest BCUT2D eigenvalue weighted by Gasteiger charge is 2.31. The van der Waals surface area contributed by atoms with E-state index in [9.17, 15) is 22.8 Å². The van der Waals surface area contributed by atoms with Crippen molar-refractivity contribution >= 4 is 29.3 Å². The van der Waals surface area contributed by atoms with Gasteiger partial charge < -0.3 is 10.6 Å². The molecular formula is C16H15F3N4O2. The lowest BCUT2D eigenvalue weighted by atomic mass is 10.1. The van der Waals surface area contributed by atoms with Gasteiger partial charge in [-0.05, 0) is 24.3 Å². The number of nitrogens with zero attached hydrogens (tertiary/aromatic N) is 2. The number of alkyl halides is 3. The molecule has 1 aromatic carbocycles. The van der Waals surface area contributed by atoms with E-state index in [1.807, 2.05) is 0 Å². The van der Waals surface area contributed by atoms with Crippen molar-refractivity contribution in [2.75, 3.05) is 10.6 Å². The normalized spacial score (nSPS) is 11.6. The van der Waals surface area contributed by atoms with Crippen LogP contribution in [0.25, 0.3) is 6.08 Å². The second-order valence-electron chi connectivity index (χ2n) is 5.21. The minimum Gasteiger partial charge on any atom is -0.325 e. The molecule has 2 rings (SSSR count). The van der Waals surface area contributed by atoms with E-state index < -0.39 is 23.6 Å². The SMILES string of the molecule is CC(=O)Nc1ccc(C(F)(F)F)cc1NC(=O)/C=C/c1cnn(C)c1. The number of benzene rings is 1. The van der Waals surface area contributed by atoms with E-state index >= 15 is 0 Å². The van der Waals surface area contributed by atoms with Crippen molar-refractivity contribution in [3.05, 3.63) is 47.8 Å². The summed E-state index contributed by atoms with van der Waals surface area (Å²) in [7, 11) is 1.71. The highest BCUT2D eigenvalue weighted by Crippen LogP contribution is 2.34. The monoisotopic (exact) mass is 352 g/mol. The predicted molar refractivity (Wildman–Crippen MR) is 86.6 cm³/mol. The lowest BCUT2D eigenvalue weighted by Gasteiger charge is -2.14. The van der Waals surface area contributed by atoms with Gasteiger partial charge >= 0.3 is 6.18 Å². The molecule has 0 aliphatic rings. The fourth-order valence-electron chi connectivity index (χ4n) is 2.00. The number of rotatable bonds is 4. The van der Waals surface area contributed by atoms with Crippen LogP contribution in [0.4, 0.5) is 24.5 Å². The molecule has 0 aliphatic heterocycles. The lowest BCUT2D eigenvalue weighted by Crippen LogP contribution is -2.14. The van der Waals surface area contributed by atoms with Gasteiger partial charge in [-0.1, -0.05) is 0 Å². The first kappa shape index (κ1) is 18.2. The largest absolute Gasteiger partial charge is 0.416 e. The smallest absolute Gasteiger partial charge is 0.325 e. The first-order valence-electron chi connectivity index (χ1n) is 7.11. The van der Waals surface area contributed by atoms with Gasteiger partial charge in [0.05, 0.1) is 23.1 Å². The molecule has 0 saturated heterocycles. The summed E-state index contributed by atoms with van der Waals surface area (Å²) in [6.45, 7) is 1.21. The van der Waals surface area contributed by atoms with Crippen molar-refractivity contribution in [3.8, 4) is 0 Å². The first-order chi connectivity index (χ1) is 11.6. The predicted octanol–water partition coefficient (Wildman–Crippen LogP) is 3.05. The summed E-state index contributed by atoms with van der Waals surface area (Å²) < 4.78 is 40.1. The Labute approximate surface area is 141 Å². The Balaban J connectivity index is 2.23. The summed E-state index contributed by atoms with van der Waals surface area (Å²) in [5.74, 6) is -1.11. The van der Waals surface area contributed by atoms with Crippen molar-refractivity contribution in [1.82, 2.24) is 9.78 Å². The average Bonchev–Trinajstić information content (AvgIpc) is 2.91. The molecule has 0 fully saturated rings. The molecule has 0 radical (unpaired) electrons. The topological polar surface area (TPSA) is 76.0 Å². The molecule has 132 valence electrons. The van der Waals surface area contributed by atoms with Crippen LogP contribution < -0.4 is 10.6 Å². The molecule has 25 heavy (non-hydrogen) atoms. The Hall–Kier alpha value is -3.10. The van der Waals surface area contributed by atoms with E-state index in [0.717, 1.165) is 24.3 Å². The van der Waals surface area contributed by atoms with E-state index in [1.165, 1.54) is 19.2 Å². The molecule has 0 spiro atoms. The lowest BCUT2D eigenvalue weighted by molar-refractivity contribution is -0.137. The highest BCUT2D eigenvalue weighted by atomic mass is 19.4. The van der Waals surface area contributed by atoms with Crippen LogP contribution in [0.5, 0.6) is 0 Å². The van der Waals surface area contributed by atoms with Gasteiger partial charge in [0.1, 0.15) is 0 Å². The van der Waals surface area contributed by atoms with E-state index in [1.54, 1.807) is 17.9 Å². The van der Waals surface area contributed by atoms with Gasteiger partial charge in [0.15, 0.2) is 0 Å². The number of nitrogens with one attached hydrogen (secondary N) is 2. The molecule has 2 amide bonds. The maximum absolute atomic E-state index is 12.8. The van der Waals surface area contributed by atoms with Crippen LogP contribution in [0.1, 0.15) is 18.1 Å². The van der Waals surface area contributed by atoms with Crippen LogP contribution >= 0.6 is 0 Å². The first-order valence-corrected chi connectivity index (χ1v) is 7.11. The molecule has 0 atom stereocenters. The summed E-state index contributed by atoms with van der Waals surface area (Å²) in [5, 5.41) is 8.64. The Bertz CT molecular complexity index is 825. The number of carbonyl (C=O) groups excluding carboxylic acids is 2. The molecule has 1 aromatic heterocycles. The van der Waals surface area contributed by atoms with Crippen LogP contribution in [-0.4, -0.2) is 21.6 Å². The number of aryl methyl sites for hydroxylation is 1. The number of amides is 2. The fourth-order valence-corrected chi connectivity index (χ4v) is 2.00. The zero-order valence-corrected chi connectivity index (χ0v) is 13.4. The Morgan fingerprint density at radius 1 is 1.20 bits per heavy atom. The second-order valence-corrected chi connectivity index (χ2v) is 5.21. The Morgan fingerprint density at radius 3 is 2.48 bits per heavy atom. The molecule has 0 bridgehead atoms. The number of aromatic nitrogens is 2.